The van der Waals surface area contributed by atoms with Crippen LogP contribution >= 0.6 is 0 Å². The molecule has 0 spiro atoms. The minimum atomic E-state index is -0.461. The molecule has 3 N–H and O–H groups in total. The van der Waals surface area contributed by atoms with Gasteiger partial charge in [0.15, 0.2) is 0 Å². The molecule has 1 rings (SSSR count). The second kappa shape index (κ2) is 7.51. The standard InChI is InChI=1S/C12H18N2O3/c1-2-16-11-5-3-4-10(8-11)9-17-12(15)14-7-6-13/h3-5,8H,2,6-7,9,13H2,1H3,(H,14,15). The summed E-state index contributed by atoms with van der Waals surface area (Å²) in [5.41, 5.74) is 6.14. The van der Waals surface area contributed by atoms with E-state index in [4.69, 9.17) is 15.2 Å². The highest BCUT2D eigenvalue weighted by atomic mass is 16.5. The second-order valence-electron chi connectivity index (χ2n) is 3.37. The summed E-state index contributed by atoms with van der Waals surface area (Å²) < 4.78 is 10.3. The van der Waals surface area contributed by atoms with Gasteiger partial charge in [-0.15, -0.1) is 0 Å². The first-order chi connectivity index (χ1) is 8.26. The number of hydrogen-bond donors (Lipinski definition) is 2. The fourth-order valence-corrected chi connectivity index (χ4v) is 1.27. The smallest absolute Gasteiger partial charge is 0.407 e. The molecule has 0 aliphatic rings. The second-order valence-corrected chi connectivity index (χ2v) is 3.37. The first-order valence-electron chi connectivity index (χ1n) is 5.58. The lowest BCUT2D eigenvalue weighted by atomic mass is 10.2. The van der Waals surface area contributed by atoms with Crippen LogP contribution < -0.4 is 15.8 Å². The Bertz CT molecular complexity index is 355. The molecule has 0 heterocycles. The van der Waals surface area contributed by atoms with E-state index in [-0.39, 0.29) is 6.61 Å². The summed E-state index contributed by atoms with van der Waals surface area (Å²) >= 11 is 0. The van der Waals surface area contributed by atoms with E-state index in [1.54, 1.807) is 0 Å². The first kappa shape index (κ1) is 13.3. The fourth-order valence-electron chi connectivity index (χ4n) is 1.27. The summed E-state index contributed by atoms with van der Waals surface area (Å²) in [4.78, 5) is 11.2. The van der Waals surface area contributed by atoms with Crippen LogP contribution in [-0.2, 0) is 11.3 Å². The molecule has 0 saturated heterocycles. The Morgan fingerprint density at radius 1 is 1.47 bits per heavy atom. The number of hydrogen-bond acceptors (Lipinski definition) is 4. The Kier molecular flexibility index (Phi) is 5.88. The van der Waals surface area contributed by atoms with E-state index < -0.39 is 6.09 Å². The lowest BCUT2D eigenvalue weighted by Gasteiger charge is -2.08. The van der Waals surface area contributed by atoms with Gasteiger partial charge in [0, 0.05) is 13.1 Å². The third-order valence-corrected chi connectivity index (χ3v) is 1.99. The van der Waals surface area contributed by atoms with Crippen molar-refractivity contribution < 1.29 is 14.3 Å². The summed E-state index contributed by atoms with van der Waals surface area (Å²) in [5.74, 6) is 0.774. The van der Waals surface area contributed by atoms with Crippen molar-refractivity contribution in [3.63, 3.8) is 0 Å². The maximum Gasteiger partial charge on any atom is 0.407 e. The predicted molar refractivity (Wildman–Crippen MR) is 64.9 cm³/mol. The minimum absolute atomic E-state index is 0.220. The van der Waals surface area contributed by atoms with Crippen molar-refractivity contribution >= 4 is 6.09 Å². The maximum absolute atomic E-state index is 11.2. The van der Waals surface area contributed by atoms with Gasteiger partial charge in [-0.05, 0) is 24.6 Å². The average Bonchev–Trinajstić information content (AvgIpc) is 2.35. The van der Waals surface area contributed by atoms with Gasteiger partial charge in [0.2, 0.25) is 0 Å². The van der Waals surface area contributed by atoms with E-state index >= 15 is 0 Å². The summed E-state index contributed by atoms with van der Waals surface area (Å²) in [5, 5.41) is 2.52. The normalized spacial score (nSPS) is 9.76. The van der Waals surface area contributed by atoms with Gasteiger partial charge in [-0.1, -0.05) is 12.1 Å². The van der Waals surface area contributed by atoms with Gasteiger partial charge in [-0.3, -0.25) is 0 Å². The Balaban J connectivity index is 2.40. The Hall–Kier alpha value is -1.75. The van der Waals surface area contributed by atoms with E-state index in [1.165, 1.54) is 0 Å². The lowest BCUT2D eigenvalue weighted by molar-refractivity contribution is 0.140. The number of rotatable bonds is 6. The summed E-state index contributed by atoms with van der Waals surface area (Å²) in [6, 6.07) is 7.45. The zero-order valence-electron chi connectivity index (χ0n) is 9.94. The zero-order chi connectivity index (χ0) is 12.5. The molecule has 0 atom stereocenters. The molecule has 0 saturated carbocycles. The highest BCUT2D eigenvalue weighted by molar-refractivity contribution is 5.67. The van der Waals surface area contributed by atoms with Gasteiger partial charge in [-0.25, -0.2) is 4.79 Å². The van der Waals surface area contributed by atoms with E-state index in [9.17, 15) is 4.79 Å². The molecule has 94 valence electrons. The molecule has 17 heavy (non-hydrogen) atoms. The van der Waals surface area contributed by atoms with Crippen LogP contribution in [0.15, 0.2) is 24.3 Å². The van der Waals surface area contributed by atoms with Gasteiger partial charge in [0.25, 0.3) is 0 Å². The van der Waals surface area contributed by atoms with E-state index in [0.717, 1.165) is 11.3 Å². The van der Waals surface area contributed by atoms with Crippen LogP contribution in [-0.4, -0.2) is 25.8 Å². The summed E-state index contributed by atoms with van der Waals surface area (Å²) in [7, 11) is 0. The van der Waals surface area contributed by atoms with Crippen LogP contribution in [0.2, 0.25) is 0 Å². The fraction of sp³-hybridized carbons (Fsp3) is 0.417. The topological polar surface area (TPSA) is 73.6 Å². The summed E-state index contributed by atoms with van der Waals surface area (Å²) in [6.07, 6.45) is -0.461. The van der Waals surface area contributed by atoms with Crippen LogP contribution in [0.3, 0.4) is 0 Å². The average molecular weight is 238 g/mol. The van der Waals surface area contributed by atoms with Crippen LogP contribution in [0.25, 0.3) is 0 Å². The van der Waals surface area contributed by atoms with E-state index in [1.807, 2.05) is 31.2 Å². The monoisotopic (exact) mass is 238 g/mol. The number of benzene rings is 1. The largest absolute Gasteiger partial charge is 0.494 e. The highest BCUT2D eigenvalue weighted by Crippen LogP contribution is 2.13. The van der Waals surface area contributed by atoms with E-state index in [2.05, 4.69) is 5.32 Å². The molecule has 1 aromatic rings. The molecule has 1 amide bonds. The van der Waals surface area contributed by atoms with Crippen molar-refractivity contribution in [3.05, 3.63) is 29.8 Å². The van der Waals surface area contributed by atoms with Crippen LogP contribution in [0.5, 0.6) is 5.75 Å². The number of amides is 1. The van der Waals surface area contributed by atoms with Crippen molar-refractivity contribution in [3.8, 4) is 5.75 Å². The lowest BCUT2D eigenvalue weighted by Crippen LogP contribution is -2.29. The van der Waals surface area contributed by atoms with E-state index in [0.29, 0.717) is 19.7 Å². The quantitative estimate of drug-likeness (QED) is 0.782. The molecular formula is C12H18N2O3. The Morgan fingerprint density at radius 2 is 2.29 bits per heavy atom. The minimum Gasteiger partial charge on any atom is -0.494 e. The molecule has 0 aromatic heterocycles. The molecule has 0 aliphatic carbocycles. The molecular weight excluding hydrogens is 220 g/mol. The first-order valence-corrected chi connectivity index (χ1v) is 5.58. The van der Waals surface area contributed by atoms with Gasteiger partial charge < -0.3 is 20.5 Å². The van der Waals surface area contributed by atoms with Crippen LogP contribution in [0.4, 0.5) is 4.79 Å². The van der Waals surface area contributed by atoms with Crippen molar-refractivity contribution in [2.45, 2.75) is 13.5 Å². The van der Waals surface area contributed by atoms with Gasteiger partial charge in [-0.2, -0.15) is 0 Å². The van der Waals surface area contributed by atoms with Crippen molar-refractivity contribution in [2.24, 2.45) is 5.73 Å². The molecule has 0 aliphatic heterocycles. The number of carbonyl (C=O) groups is 1. The molecule has 0 fully saturated rings. The van der Waals surface area contributed by atoms with Crippen LogP contribution in [0.1, 0.15) is 12.5 Å². The van der Waals surface area contributed by atoms with Crippen molar-refractivity contribution in [1.82, 2.24) is 5.32 Å². The number of carbonyl (C=O) groups excluding carboxylic acids is 1. The summed E-state index contributed by atoms with van der Waals surface area (Å²) in [6.45, 7) is 3.56. The number of ether oxygens (including phenoxy) is 2. The predicted octanol–water partition coefficient (Wildman–Crippen LogP) is 1.27. The third-order valence-electron chi connectivity index (χ3n) is 1.99. The number of nitrogens with one attached hydrogen (secondary N) is 1. The molecule has 1 aromatic carbocycles. The Morgan fingerprint density at radius 3 is 3.00 bits per heavy atom. The number of nitrogens with two attached hydrogens (primary N) is 1. The molecule has 5 heteroatoms. The maximum atomic E-state index is 11.2. The Labute approximate surface area is 101 Å². The number of alkyl carbamates (subject to hydrolysis) is 1. The van der Waals surface area contributed by atoms with Gasteiger partial charge in [0.05, 0.1) is 6.61 Å². The van der Waals surface area contributed by atoms with Gasteiger partial charge in [0.1, 0.15) is 12.4 Å². The highest BCUT2D eigenvalue weighted by Gasteiger charge is 2.02. The molecule has 0 bridgehead atoms. The third kappa shape index (κ3) is 5.21. The van der Waals surface area contributed by atoms with Gasteiger partial charge >= 0.3 is 6.09 Å². The van der Waals surface area contributed by atoms with Crippen molar-refractivity contribution in [2.75, 3.05) is 19.7 Å². The van der Waals surface area contributed by atoms with Crippen molar-refractivity contribution in [1.29, 1.82) is 0 Å². The zero-order valence-corrected chi connectivity index (χ0v) is 9.94. The molecule has 0 radical (unpaired) electrons. The molecule has 5 nitrogen and oxygen atoms in total. The van der Waals surface area contributed by atoms with Crippen LogP contribution in [0, 0.1) is 0 Å². The SMILES string of the molecule is CCOc1cccc(COC(=O)NCCN)c1. The molecule has 0 unspecified atom stereocenters.